The second kappa shape index (κ2) is 9.10. The predicted octanol–water partition coefficient (Wildman–Crippen LogP) is 3.77. The summed E-state index contributed by atoms with van der Waals surface area (Å²) in [5, 5.41) is 1.88. The smallest absolute Gasteiger partial charge is 0.273 e. The van der Waals surface area contributed by atoms with Gasteiger partial charge in [0.1, 0.15) is 5.75 Å². The Morgan fingerprint density at radius 2 is 1.45 bits per heavy atom. The number of hydrazine groups is 1. The number of fused-ring (bicyclic) bond motifs is 1. The lowest BCUT2D eigenvalue weighted by Gasteiger charge is -2.21. The van der Waals surface area contributed by atoms with Crippen molar-refractivity contribution in [3.63, 3.8) is 0 Å². The number of amides is 2. The molecule has 3 aromatic rings. The van der Waals surface area contributed by atoms with Crippen LogP contribution in [0.4, 0.5) is 5.69 Å². The summed E-state index contributed by atoms with van der Waals surface area (Å²) < 4.78 is 5.34. The predicted molar refractivity (Wildman–Crippen MR) is 115 cm³/mol. The molecular weight excluding hydrogens is 366 g/mol. The lowest BCUT2D eigenvalue weighted by Crippen LogP contribution is -2.41. The van der Waals surface area contributed by atoms with E-state index in [2.05, 4.69) is 29.6 Å². The van der Waals surface area contributed by atoms with Crippen molar-refractivity contribution in [3.05, 3.63) is 71.8 Å². The van der Waals surface area contributed by atoms with Crippen molar-refractivity contribution < 1.29 is 14.3 Å². The highest BCUT2D eigenvalue weighted by atomic mass is 16.5. The highest BCUT2D eigenvalue weighted by Crippen LogP contribution is 2.25. The Labute approximate surface area is 170 Å². The number of nitrogens with zero attached hydrogens (tertiary/aromatic N) is 1. The summed E-state index contributed by atoms with van der Waals surface area (Å²) in [5.41, 5.74) is 6.80. The van der Waals surface area contributed by atoms with E-state index in [0.717, 1.165) is 29.5 Å². The first kappa shape index (κ1) is 20.2. The van der Waals surface area contributed by atoms with Crippen molar-refractivity contribution in [2.45, 2.75) is 13.8 Å². The van der Waals surface area contributed by atoms with Crippen LogP contribution in [0.1, 0.15) is 34.6 Å². The van der Waals surface area contributed by atoms with Crippen LogP contribution >= 0.6 is 0 Å². The zero-order chi connectivity index (χ0) is 20.8. The molecule has 6 heteroatoms. The molecule has 0 fully saturated rings. The number of hydrogen-bond donors (Lipinski definition) is 2. The number of benzene rings is 3. The summed E-state index contributed by atoms with van der Waals surface area (Å²) in [6, 6.07) is 18.5. The first-order chi connectivity index (χ1) is 14.1. The Morgan fingerprint density at radius 1 is 0.862 bits per heavy atom. The van der Waals surface area contributed by atoms with Crippen LogP contribution in [0.15, 0.2) is 60.7 Å². The normalized spacial score (nSPS) is 10.4. The Bertz CT molecular complexity index is 1010. The maximum Gasteiger partial charge on any atom is 0.273 e. The molecule has 0 saturated carbocycles. The van der Waals surface area contributed by atoms with Gasteiger partial charge in [-0.05, 0) is 61.0 Å². The molecule has 0 bridgehead atoms. The van der Waals surface area contributed by atoms with Gasteiger partial charge in [-0.3, -0.25) is 20.4 Å². The van der Waals surface area contributed by atoms with Gasteiger partial charge in [0.05, 0.1) is 12.7 Å². The molecule has 0 saturated heterocycles. The second-order valence-electron chi connectivity index (χ2n) is 6.53. The lowest BCUT2D eigenvalue weighted by molar-refractivity contribution is 0.0845. The third kappa shape index (κ3) is 4.48. The van der Waals surface area contributed by atoms with Crippen molar-refractivity contribution in [3.8, 4) is 5.75 Å². The van der Waals surface area contributed by atoms with Gasteiger partial charge in [0.15, 0.2) is 0 Å². The van der Waals surface area contributed by atoms with Crippen LogP contribution in [0.3, 0.4) is 0 Å². The fourth-order valence-corrected chi connectivity index (χ4v) is 3.23. The maximum atomic E-state index is 12.6. The van der Waals surface area contributed by atoms with E-state index >= 15 is 0 Å². The first-order valence-corrected chi connectivity index (χ1v) is 9.59. The van der Waals surface area contributed by atoms with Crippen molar-refractivity contribution >= 4 is 28.3 Å². The van der Waals surface area contributed by atoms with Crippen molar-refractivity contribution in [2.24, 2.45) is 0 Å². The van der Waals surface area contributed by atoms with Gasteiger partial charge in [0.25, 0.3) is 11.8 Å². The van der Waals surface area contributed by atoms with E-state index in [4.69, 9.17) is 4.74 Å². The average Bonchev–Trinajstić information content (AvgIpc) is 2.77. The zero-order valence-electron chi connectivity index (χ0n) is 16.9. The van der Waals surface area contributed by atoms with Crippen LogP contribution < -0.4 is 20.5 Å². The number of nitrogens with one attached hydrogen (secondary N) is 2. The van der Waals surface area contributed by atoms with Crippen LogP contribution in [0, 0.1) is 0 Å². The Balaban J connectivity index is 1.70. The Morgan fingerprint density at radius 3 is 2.03 bits per heavy atom. The monoisotopic (exact) mass is 391 g/mol. The number of carbonyl (C=O) groups excluding carboxylic acids is 2. The minimum Gasteiger partial charge on any atom is -0.496 e. The summed E-state index contributed by atoms with van der Waals surface area (Å²) in [7, 11) is 1.51. The van der Waals surface area contributed by atoms with Crippen molar-refractivity contribution in [1.82, 2.24) is 10.9 Å². The van der Waals surface area contributed by atoms with Gasteiger partial charge in [0.2, 0.25) is 0 Å². The SMILES string of the molecule is CCN(CC)c1ccc(C(=O)NNC(=O)c2cc3ccccc3cc2OC)cc1. The summed E-state index contributed by atoms with van der Waals surface area (Å²) in [6.45, 7) is 5.96. The molecule has 0 unspecified atom stereocenters. The molecule has 0 aromatic heterocycles. The molecule has 0 atom stereocenters. The summed E-state index contributed by atoms with van der Waals surface area (Å²) in [6.07, 6.45) is 0. The highest BCUT2D eigenvalue weighted by molar-refractivity contribution is 6.03. The minimum absolute atomic E-state index is 0.350. The molecule has 0 heterocycles. The first-order valence-electron chi connectivity index (χ1n) is 9.59. The third-order valence-electron chi connectivity index (χ3n) is 4.86. The molecule has 0 aliphatic rings. The average molecular weight is 391 g/mol. The molecule has 0 aliphatic carbocycles. The van der Waals surface area contributed by atoms with Gasteiger partial charge >= 0.3 is 0 Å². The van der Waals surface area contributed by atoms with E-state index < -0.39 is 5.91 Å². The van der Waals surface area contributed by atoms with E-state index in [1.165, 1.54) is 7.11 Å². The Kier molecular flexibility index (Phi) is 6.34. The Hall–Kier alpha value is -3.54. The largest absolute Gasteiger partial charge is 0.496 e. The molecule has 3 aromatic carbocycles. The standard InChI is InChI=1S/C23H25N3O3/c1-4-26(5-2)19-12-10-16(11-13-19)22(27)24-25-23(28)20-14-17-8-6-7-9-18(17)15-21(20)29-3/h6-15H,4-5H2,1-3H3,(H,24,27)(H,25,28). The molecule has 2 amide bonds. The van der Waals surface area contributed by atoms with Gasteiger partial charge in [-0.2, -0.15) is 0 Å². The number of anilines is 1. The fourth-order valence-electron chi connectivity index (χ4n) is 3.23. The van der Waals surface area contributed by atoms with Gasteiger partial charge in [-0.1, -0.05) is 24.3 Å². The van der Waals surface area contributed by atoms with Crippen LogP contribution in [-0.4, -0.2) is 32.0 Å². The number of methoxy groups -OCH3 is 1. The van der Waals surface area contributed by atoms with Gasteiger partial charge < -0.3 is 9.64 Å². The molecule has 6 nitrogen and oxygen atoms in total. The molecule has 3 rings (SSSR count). The molecule has 0 radical (unpaired) electrons. The maximum absolute atomic E-state index is 12.6. The van der Waals surface area contributed by atoms with E-state index in [-0.39, 0.29) is 5.91 Å². The van der Waals surface area contributed by atoms with E-state index in [1.807, 2.05) is 36.4 Å². The van der Waals surface area contributed by atoms with Gasteiger partial charge in [-0.15, -0.1) is 0 Å². The minimum atomic E-state index is -0.444. The number of carbonyl (C=O) groups is 2. The zero-order valence-corrected chi connectivity index (χ0v) is 16.9. The van der Waals surface area contributed by atoms with Crippen molar-refractivity contribution in [1.29, 1.82) is 0 Å². The van der Waals surface area contributed by atoms with Crippen LogP contribution in [-0.2, 0) is 0 Å². The van der Waals surface area contributed by atoms with Crippen LogP contribution in [0.25, 0.3) is 10.8 Å². The summed E-state index contributed by atoms with van der Waals surface area (Å²) in [5.74, 6) is -0.385. The molecular formula is C23H25N3O3. The van der Waals surface area contributed by atoms with Crippen molar-refractivity contribution in [2.75, 3.05) is 25.1 Å². The molecule has 150 valence electrons. The molecule has 0 spiro atoms. The second-order valence-corrected chi connectivity index (χ2v) is 6.53. The topological polar surface area (TPSA) is 70.7 Å². The van der Waals surface area contributed by atoms with Crippen LogP contribution in [0.5, 0.6) is 5.75 Å². The van der Waals surface area contributed by atoms with Gasteiger partial charge in [0, 0.05) is 24.3 Å². The quantitative estimate of drug-likeness (QED) is 0.628. The van der Waals surface area contributed by atoms with E-state index in [1.54, 1.807) is 24.3 Å². The fraction of sp³-hybridized carbons (Fsp3) is 0.217. The van der Waals surface area contributed by atoms with E-state index in [9.17, 15) is 9.59 Å². The lowest BCUT2D eigenvalue weighted by atomic mass is 10.1. The van der Waals surface area contributed by atoms with Gasteiger partial charge in [-0.25, -0.2) is 0 Å². The summed E-state index contributed by atoms with van der Waals surface area (Å²) >= 11 is 0. The molecule has 29 heavy (non-hydrogen) atoms. The number of hydrogen-bond acceptors (Lipinski definition) is 4. The van der Waals surface area contributed by atoms with Crippen LogP contribution in [0.2, 0.25) is 0 Å². The van der Waals surface area contributed by atoms with E-state index in [0.29, 0.717) is 16.9 Å². The summed E-state index contributed by atoms with van der Waals surface area (Å²) in [4.78, 5) is 27.2. The number of ether oxygens (including phenoxy) is 1. The highest BCUT2D eigenvalue weighted by Gasteiger charge is 2.15. The molecule has 0 aliphatic heterocycles. The number of rotatable bonds is 6. The third-order valence-corrected chi connectivity index (χ3v) is 4.86. The molecule has 2 N–H and O–H groups in total.